The molecule has 2 aromatic carbocycles. The van der Waals surface area contributed by atoms with Crippen LogP contribution in [0.5, 0.6) is 5.75 Å². The lowest BCUT2D eigenvalue weighted by Crippen LogP contribution is -2.17. The van der Waals surface area contributed by atoms with E-state index in [0.717, 1.165) is 12.1 Å². The summed E-state index contributed by atoms with van der Waals surface area (Å²) in [6.45, 7) is -0.820. The van der Waals surface area contributed by atoms with Crippen LogP contribution in [0.4, 0.5) is 22.0 Å². The molecular formula is C17H11F5N2O5S. The van der Waals surface area contributed by atoms with Crippen molar-refractivity contribution in [2.24, 2.45) is 5.14 Å². The molecule has 0 saturated carbocycles. The average molecular weight is 450 g/mol. The summed E-state index contributed by atoms with van der Waals surface area (Å²) in [6.07, 6.45) is -4.97. The third-order valence-corrected chi connectivity index (χ3v) is 4.77. The highest BCUT2D eigenvalue weighted by molar-refractivity contribution is 7.89. The molecule has 7 nitrogen and oxygen atoms in total. The zero-order valence-corrected chi connectivity index (χ0v) is 15.4. The first-order chi connectivity index (χ1) is 13.9. The first kappa shape index (κ1) is 21.7. The highest BCUT2D eigenvalue weighted by Crippen LogP contribution is 2.38. The van der Waals surface area contributed by atoms with E-state index >= 15 is 0 Å². The third kappa shape index (κ3) is 4.42. The first-order valence-electron chi connectivity index (χ1n) is 7.88. The highest BCUT2D eigenvalue weighted by atomic mass is 32.2. The summed E-state index contributed by atoms with van der Waals surface area (Å²) in [5.41, 5.74) is -1.12. The summed E-state index contributed by atoms with van der Waals surface area (Å²) >= 11 is 0. The minimum Gasteiger partial charge on any atom is -0.406 e. The lowest BCUT2D eigenvalue weighted by Gasteiger charge is -2.11. The molecule has 0 spiro atoms. The van der Waals surface area contributed by atoms with E-state index in [-0.39, 0.29) is 22.6 Å². The standard InChI is InChI=1S/C17H11F5N2O5S/c18-11-6-14(30(23,26)27)12(19)5-10(11)15-13(7-25)29-24-16(15)8-2-1-3-9(4-8)28-17(20,21)22/h1-6,25H,7H2,(H2,23,26,27). The van der Waals surface area contributed by atoms with Crippen LogP contribution in [0.25, 0.3) is 22.4 Å². The van der Waals surface area contributed by atoms with Gasteiger partial charge in [0.05, 0.1) is 5.56 Å². The van der Waals surface area contributed by atoms with E-state index in [1.54, 1.807) is 0 Å². The molecule has 0 radical (unpaired) electrons. The molecule has 3 aromatic rings. The molecule has 0 aliphatic heterocycles. The van der Waals surface area contributed by atoms with E-state index in [0.29, 0.717) is 12.1 Å². The molecule has 0 unspecified atom stereocenters. The normalized spacial score (nSPS) is 12.2. The lowest BCUT2D eigenvalue weighted by atomic mass is 9.98. The van der Waals surface area contributed by atoms with Crippen LogP contribution in [0.2, 0.25) is 0 Å². The van der Waals surface area contributed by atoms with E-state index < -0.39 is 50.8 Å². The first-order valence-corrected chi connectivity index (χ1v) is 9.43. The number of nitrogens with two attached hydrogens (primary N) is 1. The lowest BCUT2D eigenvalue weighted by molar-refractivity contribution is -0.274. The zero-order chi connectivity index (χ0) is 22.3. The number of nitrogens with zero attached hydrogens (tertiary/aromatic N) is 1. The average Bonchev–Trinajstić information content (AvgIpc) is 3.05. The molecule has 0 amide bonds. The number of hydrogen-bond acceptors (Lipinski definition) is 6. The number of benzene rings is 2. The zero-order valence-electron chi connectivity index (χ0n) is 14.6. The van der Waals surface area contributed by atoms with Crippen LogP contribution in [-0.4, -0.2) is 25.0 Å². The number of halogens is 5. The predicted molar refractivity (Wildman–Crippen MR) is 91.3 cm³/mol. The van der Waals surface area contributed by atoms with Crippen molar-refractivity contribution < 1.29 is 44.7 Å². The van der Waals surface area contributed by atoms with Gasteiger partial charge in [0.1, 0.15) is 34.6 Å². The number of aromatic nitrogens is 1. The quantitative estimate of drug-likeness (QED) is 0.577. The maximum Gasteiger partial charge on any atom is 0.573 e. The number of aliphatic hydroxyl groups is 1. The second-order valence-corrected chi connectivity index (χ2v) is 7.40. The fourth-order valence-corrected chi connectivity index (χ4v) is 3.28. The van der Waals surface area contributed by atoms with Crippen molar-refractivity contribution in [2.45, 2.75) is 17.9 Å². The van der Waals surface area contributed by atoms with Crippen molar-refractivity contribution in [3.8, 4) is 28.1 Å². The Labute approximate surface area is 165 Å². The molecule has 1 aromatic heterocycles. The summed E-state index contributed by atoms with van der Waals surface area (Å²) in [7, 11) is -4.57. The SMILES string of the molecule is NS(=O)(=O)c1cc(F)c(-c2c(-c3cccc(OC(F)(F)F)c3)noc2CO)cc1F. The van der Waals surface area contributed by atoms with E-state index in [1.807, 2.05) is 0 Å². The van der Waals surface area contributed by atoms with Gasteiger partial charge in [0, 0.05) is 11.1 Å². The molecule has 3 rings (SSSR count). The summed E-state index contributed by atoms with van der Waals surface area (Å²) in [5, 5.41) is 17.9. The number of aliphatic hydroxyl groups excluding tert-OH is 1. The molecule has 13 heteroatoms. The monoisotopic (exact) mass is 450 g/mol. The molecule has 3 N–H and O–H groups in total. The van der Waals surface area contributed by atoms with Gasteiger partial charge in [-0.1, -0.05) is 17.3 Å². The van der Waals surface area contributed by atoms with Crippen molar-refractivity contribution in [1.29, 1.82) is 0 Å². The van der Waals surface area contributed by atoms with Crippen LogP contribution < -0.4 is 9.88 Å². The van der Waals surface area contributed by atoms with Crippen molar-refractivity contribution in [3.63, 3.8) is 0 Å². The Kier molecular flexibility index (Phi) is 5.54. The Morgan fingerprint density at radius 3 is 2.43 bits per heavy atom. The second kappa shape index (κ2) is 7.66. The van der Waals surface area contributed by atoms with Crippen molar-refractivity contribution >= 4 is 10.0 Å². The minimum atomic E-state index is -4.97. The van der Waals surface area contributed by atoms with Crippen molar-refractivity contribution in [3.05, 3.63) is 53.8 Å². The molecule has 0 aliphatic carbocycles. The summed E-state index contributed by atoms with van der Waals surface area (Å²) < 4.78 is 97.7. The Hall–Kier alpha value is -3.03. The van der Waals surface area contributed by atoms with Gasteiger partial charge in [0.25, 0.3) is 0 Å². The second-order valence-electron chi connectivity index (χ2n) is 5.87. The van der Waals surface area contributed by atoms with E-state index in [4.69, 9.17) is 9.66 Å². The fraction of sp³-hybridized carbons (Fsp3) is 0.118. The van der Waals surface area contributed by atoms with Gasteiger partial charge in [-0.25, -0.2) is 22.3 Å². The van der Waals surface area contributed by atoms with Crippen LogP contribution in [0.15, 0.2) is 45.8 Å². The molecule has 30 heavy (non-hydrogen) atoms. The van der Waals surface area contributed by atoms with Gasteiger partial charge in [-0.3, -0.25) is 0 Å². The van der Waals surface area contributed by atoms with Crippen molar-refractivity contribution in [2.75, 3.05) is 0 Å². The molecule has 1 heterocycles. The minimum absolute atomic E-state index is 0.0365. The van der Waals surface area contributed by atoms with Gasteiger partial charge in [-0.2, -0.15) is 0 Å². The maximum absolute atomic E-state index is 14.6. The smallest absolute Gasteiger partial charge is 0.406 e. The highest BCUT2D eigenvalue weighted by Gasteiger charge is 2.31. The maximum atomic E-state index is 14.6. The number of primary sulfonamides is 1. The number of rotatable bonds is 5. The molecule has 160 valence electrons. The van der Waals surface area contributed by atoms with Gasteiger partial charge in [-0.05, 0) is 24.3 Å². The van der Waals surface area contributed by atoms with Gasteiger partial charge in [-0.15, -0.1) is 13.2 Å². The molecule has 0 bridgehead atoms. The third-order valence-electron chi connectivity index (χ3n) is 3.84. The molecule has 0 saturated heterocycles. The number of hydrogen-bond donors (Lipinski definition) is 2. The van der Waals surface area contributed by atoms with Crippen LogP contribution in [-0.2, 0) is 16.6 Å². The molecule has 0 atom stereocenters. The van der Waals surface area contributed by atoms with Crippen LogP contribution in [0.3, 0.4) is 0 Å². The van der Waals surface area contributed by atoms with Crippen LogP contribution in [0, 0.1) is 11.6 Å². The largest absolute Gasteiger partial charge is 0.573 e. The van der Waals surface area contributed by atoms with Gasteiger partial charge >= 0.3 is 6.36 Å². The van der Waals surface area contributed by atoms with Gasteiger partial charge in [0.15, 0.2) is 5.76 Å². The number of alkyl halides is 3. The van der Waals surface area contributed by atoms with Gasteiger partial charge < -0.3 is 14.4 Å². The Bertz CT molecular complexity index is 1210. The number of ether oxygens (including phenoxy) is 1. The summed E-state index contributed by atoms with van der Waals surface area (Å²) in [5.74, 6) is -3.59. The Morgan fingerprint density at radius 2 is 1.83 bits per heavy atom. The summed E-state index contributed by atoms with van der Waals surface area (Å²) in [6, 6.07) is 5.24. The Morgan fingerprint density at radius 1 is 1.13 bits per heavy atom. The molecule has 0 fully saturated rings. The topological polar surface area (TPSA) is 116 Å². The van der Waals surface area contributed by atoms with Crippen LogP contribution >= 0.6 is 0 Å². The van der Waals surface area contributed by atoms with Crippen LogP contribution in [0.1, 0.15) is 5.76 Å². The van der Waals surface area contributed by atoms with E-state index in [2.05, 4.69) is 9.89 Å². The Balaban J connectivity index is 2.19. The molecular weight excluding hydrogens is 439 g/mol. The predicted octanol–water partition coefficient (Wildman–Crippen LogP) is 3.33. The van der Waals surface area contributed by atoms with Gasteiger partial charge in [0.2, 0.25) is 10.0 Å². The fourth-order valence-electron chi connectivity index (χ4n) is 2.69. The summed E-state index contributed by atoms with van der Waals surface area (Å²) in [4.78, 5) is -1.10. The van der Waals surface area contributed by atoms with E-state index in [9.17, 15) is 35.5 Å². The van der Waals surface area contributed by atoms with E-state index in [1.165, 1.54) is 12.1 Å². The molecule has 0 aliphatic rings. The van der Waals surface area contributed by atoms with Crippen molar-refractivity contribution in [1.82, 2.24) is 5.16 Å². The number of sulfonamides is 1.